The van der Waals surface area contributed by atoms with Gasteiger partial charge in [0.2, 0.25) is 0 Å². The Morgan fingerprint density at radius 2 is 1.74 bits per heavy atom. The lowest BCUT2D eigenvalue weighted by Crippen LogP contribution is -2.32. The molecule has 0 bridgehead atoms. The summed E-state index contributed by atoms with van der Waals surface area (Å²) >= 11 is 0. The number of carboxylic acids is 1. The summed E-state index contributed by atoms with van der Waals surface area (Å²) in [6.07, 6.45) is 4.99. The van der Waals surface area contributed by atoms with Crippen LogP contribution in [0.15, 0.2) is 30.6 Å². The van der Waals surface area contributed by atoms with Crippen LogP contribution in [0.3, 0.4) is 0 Å². The Hall–Kier alpha value is -2.63. The normalized spacial score (nSPS) is 10.5. The summed E-state index contributed by atoms with van der Waals surface area (Å²) in [4.78, 5) is 25.9. The van der Waals surface area contributed by atoms with E-state index in [1.165, 1.54) is 6.07 Å². The van der Waals surface area contributed by atoms with E-state index in [0.29, 0.717) is 24.2 Å². The highest BCUT2D eigenvalue weighted by atomic mass is 16.4. The van der Waals surface area contributed by atoms with Crippen molar-refractivity contribution in [1.29, 1.82) is 0 Å². The quantitative estimate of drug-likeness (QED) is 0.822. The topological polar surface area (TPSA) is 86.3 Å². The second-order valence-electron chi connectivity index (χ2n) is 5.38. The number of carbonyl (C=O) groups excluding carboxylic acids is 1. The summed E-state index contributed by atoms with van der Waals surface area (Å²) in [6.45, 7) is 5.34. The molecule has 0 unspecified atom stereocenters. The molecule has 0 radical (unpaired) electrons. The first-order valence-corrected chi connectivity index (χ1v) is 7.73. The number of nitrogens with zero attached hydrogens (tertiary/aromatic N) is 2. The van der Waals surface area contributed by atoms with Gasteiger partial charge >= 0.3 is 5.97 Å². The number of nitrogens with one attached hydrogen (secondary N) is 1. The SMILES string of the molecule is CCCN(CCC)C(=O)c1cc(C(=O)O)cc(-c2cn[nH]c2)c1. The van der Waals surface area contributed by atoms with Gasteiger partial charge in [-0.25, -0.2) is 4.79 Å². The first-order chi connectivity index (χ1) is 11.1. The highest BCUT2D eigenvalue weighted by Gasteiger charge is 2.18. The van der Waals surface area contributed by atoms with Crippen LogP contribution in [0.2, 0.25) is 0 Å². The number of amides is 1. The maximum atomic E-state index is 12.7. The zero-order chi connectivity index (χ0) is 16.8. The van der Waals surface area contributed by atoms with E-state index in [4.69, 9.17) is 0 Å². The second kappa shape index (κ2) is 7.58. The van der Waals surface area contributed by atoms with Gasteiger partial charge in [0.1, 0.15) is 0 Å². The van der Waals surface area contributed by atoms with Gasteiger partial charge in [0.15, 0.2) is 0 Å². The molecule has 0 saturated carbocycles. The van der Waals surface area contributed by atoms with Crippen LogP contribution in [0.25, 0.3) is 11.1 Å². The predicted octanol–water partition coefficient (Wildman–Crippen LogP) is 3.04. The summed E-state index contributed by atoms with van der Waals surface area (Å²) in [5, 5.41) is 15.9. The molecule has 2 aromatic rings. The van der Waals surface area contributed by atoms with E-state index >= 15 is 0 Å². The minimum absolute atomic E-state index is 0.0972. The third-order valence-corrected chi connectivity index (χ3v) is 3.53. The first kappa shape index (κ1) is 16.7. The fraction of sp³-hybridized carbons (Fsp3) is 0.353. The number of hydrogen-bond donors (Lipinski definition) is 2. The molecular formula is C17H21N3O3. The third kappa shape index (κ3) is 3.97. The molecule has 0 aliphatic rings. The van der Waals surface area contributed by atoms with Crippen molar-refractivity contribution < 1.29 is 14.7 Å². The minimum atomic E-state index is -1.05. The molecule has 6 nitrogen and oxygen atoms in total. The predicted molar refractivity (Wildman–Crippen MR) is 87.5 cm³/mol. The number of aromatic amines is 1. The number of aromatic carboxylic acids is 1. The maximum Gasteiger partial charge on any atom is 0.335 e. The number of hydrogen-bond acceptors (Lipinski definition) is 3. The van der Waals surface area contributed by atoms with E-state index in [-0.39, 0.29) is 11.5 Å². The van der Waals surface area contributed by atoms with Crippen LogP contribution < -0.4 is 0 Å². The highest BCUT2D eigenvalue weighted by molar-refractivity contribution is 5.99. The Bertz CT molecular complexity index is 674. The standard InChI is InChI=1S/C17H21N3O3/c1-3-5-20(6-4-2)16(21)13-7-12(15-10-18-19-11-15)8-14(9-13)17(22)23/h7-11H,3-6H2,1-2H3,(H,18,19)(H,22,23). The van der Waals surface area contributed by atoms with Crippen LogP contribution in [-0.2, 0) is 0 Å². The molecule has 1 aromatic carbocycles. The van der Waals surface area contributed by atoms with E-state index in [1.807, 2.05) is 13.8 Å². The lowest BCUT2D eigenvalue weighted by Gasteiger charge is -2.22. The second-order valence-corrected chi connectivity index (χ2v) is 5.38. The van der Waals surface area contributed by atoms with E-state index in [1.54, 1.807) is 29.4 Å². The molecule has 6 heteroatoms. The Morgan fingerprint density at radius 3 is 2.26 bits per heavy atom. The van der Waals surface area contributed by atoms with E-state index in [2.05, 4.69) is 10.2 Å². The molecule has 23 heavy (non-hydrogen) atoms. The molecule has 2 N–H and O–H groups in total. The van der Waals surface area contributed by atoms with Gasteiger partial charge in [0, 0.05) is 30.4 Å². The smallest absolute Gasteiger partial charge is 0.335 e. The lowest BCUT2D eigenvalue weighted by atomic mass is 10.0. The van der Waals surface area contributed by atoms with Crippen LogP contribution in [0.4, 0.5) is 0 Å². The molecule has 0 saturated heterocycles. The van der Waals surface area contributed by atoms with Crippen LogP contribution in [0.1, 0.15) is 47.4 Å². The van der Waals surface area contributed by atoms with Crippen molar-refractivity contribution >= 4 is 11.9 Å². The Morgan fingerprint density at radius 1 is 1.09 bits per heavy atom. The summed E-state index contributed by atoms with van der Waals surface area (Å²) in [5.41, 5.74) is 1.90. The van der Waals surface area contributed by atoms with Gasteiger partial charge in [0.25, 0.3) is 5.91 Å². The van der Waals surface area contributed by atoms with Crippen molar-refractivity contribution in [3.63, 3.8) is 0 Å². The van der Waals surface area contributed by atoms with Crippen molar-refractivity contribution in [1.82, 2.24) is 15.1 Å². The van der Waals surface area contributed by atoms with Crippen molar-refractivity contribution in [3.8, 4) is 11.1 Å². The lowest BCUT2D eigenvalue weighted by molar-refractivity contribution is 0.0697. The fourth-order valence-corrected chi connectivity index (χ4v) is 2.49. The van der Waals surface area contributed by atoms with Crippen LogP contribution >= 0.6 is 0 Å². The monoisotopic (exact) mass is 315 g/mol. The number of aromatic nitrogens is 2. The number of carbonyl (C=O) groups is 2. The molecule has 0 atom stereocenters. The summed E-state index contributed by atoms with van der Waals surface area (Å²) in [6, 6.07) is 4.71. The molecule has 0 fully saturated rings. The van der Waals surface area contributed by atoms with Gasteiger partial charge in [-0.05, 0) is 36.6 Å². The van der Waals surface area contributed by atoms with Crippen molar-refractivity contribution in [2.75, 3.05) is 13.1 Å². The van der Waals surface area contributed by atoms with Gasteiger partial charge < -0.3 is 10.0 Å². The molecule has 122 valence electrons. The first-order valence-electron chi connectivity index (χ1n) is 7.73. The van der Waals surface area contributed by atoms with Gasteiger partial charge in [-0.2, -0.15) is 5.10 Å². The van der Waals surface area contributed by atoms with Crippen molar-refractivity contribution in [3.05, 3.63) is 41.7 Å². The molecule has 1 amide bonds. The average molecular weight is 315 g/mol. The molecule has 0 aliphatic heterocycles. The maximum absolute atomic E-state index is 12.7. The zero-order valence-electron chi connectivity index (χ0n) is 13.4. The molecule has 0 spiro atoms. The molecule has 1 aromatic heterocycles. The third-order valence-electron chi connectivity index (χ3n) is 3.53. The van der Waals surface area contributed by atoms with Crippen LogP contribution in [-0.4, -0.2) is 45.2 Å². The Labute approximate surface area is 135 Å². The average Bonchev–Trinajstić information content (AvgIpc) is 3.08. The molecule has 2 rings (SSSR count). The highest BCUT2D eigenvalue weighted by Crippen LogP contribution is 2.22. The van der Waals surface area contributed by atoms with Crippen LogP contribution in [0, 0.1) is 0 Å². The van der Waals surface area contributed by atoms with Crippen molar-refractivity contribution in [2.45, 2.75) is 26.7 Å². The van der Waals surface area contributed by atoms with E-state index in [0.717, 1.165) is 18.4 Å². The van der Waals surface area contributed by atoms with E-state index in [9.17, 15) is 14.7 Å². The number of rotatable bonds is 7. The van der Waals surface area contributed by atoms with E-state index < -0.39 is 5.97 Å². The van der Waals surface area contributed by atoms with Crippen LogP contribution in [0.5, 0.6) is 0 Å². The van der Waals surface area contributed by atoms with Gasteiger partial charge in [-0.3, -0.25) is 9.89 Å². The number of benzene rings is 1. The number of H-pyrrole nitrogens is 1. The molecule has 1 heterocycles. The molecule has 0 aliphatic carbocycles. The zero-order valence-corrected chi connectivity index (χ0v) is 13.4. The summed E-state index contributed by atoms with van der Waals surface area (Å²) in [7, 11) is 0. The van der Waals surface area contributed by atoms with Gasteiger partial charge in [0.05, 0.1) is 11.8 Å². The Kier molecular flexibility index (Phi) is 5.51. The fourth-order valence-electron chi connectivity index (χ4n) is 2.49. The van der Waals surface area contributed by atoms with Crippen molar-refractivity contribution in [2.24, 2.45) is 0 Å². The Balaban J connectivity index is 2.44. The largest absolute Gasteiger partial charge is 0.478 e. The van der Waals surface area contributed by atoms with Gasteiger partial charge in [-0.15, -0.1) is 0 Å². The molecular weight excluding hydrogens is 294 g/mol. The van der Waals surface area contributed by atoms with Gasteiger partial charge in [-0.1, -0.05) is 13.8 Å². The summed E-state index contributed by atoms with van der Waals surface area (Å²) in [5.74, 6) is -1.19. The summed E-state index contributed by atoms with van der Waals surface area (Å²) < 4.78 is 0. The minimum Gasteiger partial charge on any atom is -0.478 e. The number of carboxylic acid groups (broad SMARTS) is 1.